The topological polar surface area (TPSA) is 83.1 Å². The van der Waals surface area contributed by atoms with Gasteiger partial charge in [0.2, 0.25) is 0 Å². The maximum absolute atomic E-state index is 13.7. The summed E-state index contributed by atoms with van der Waals surface area (Å²) in [6, 6.07) is 8.98. The van der Waals surface area contributed by atoms with Crippen molar-refractivity contribution in [2.24, 2.45) is 5.92 Å². The number of ketones is 1. The Morgan fingerprint density at radius 2 is 1.79 bits per heavy atom. The highest BCUT2D eigenvalue weighted by Crippen LogP contribution is 2.31. The highest BCUT2D eigenvalue weighted by atomic mass is 16.7. The van der Waals surface area contributed by atoms with Crippen LogP contribution in [-0.4, -0.2) is 48.1 Å². The van der Waals surface area contributed by atoms with E-state index >= 15 is 0 Å². The summed E-state index contributed by atoms with van der Waals surface area (Å²) in [5.41, 5.74) is 0.285. The van der Waals surface area contributed by atoms with E-state index in [1.54, 1.807) is 20.8 Å². The van der Waals surface area contributed by atoms with Crippen LogP contribution in [0.4, 0.5) is 4.79 Å². The molecule has 0 aromatic heterocycles. The maximum Gasteiger partial charge on any atom is 0.408 e. The molecule has 184 valence electrons. The molecule has 7 nitrogen and oxygen atoms in total. The van der Waals surface area contributed by atoms with Crippen LogP contribution in [0.25, 0.3) is 0 Å². The third kappa shape index (κ3) is 7.80. The first-order chi connectivity index (χ1) is 15.5. The van der Waals surface area contributed by atoms with E-state index < -0.39 is 35.7 Å². The van der Waals surface area contributed by atoms with Crippen LogP contribution in [0, 0.1) is 5.92 Å². The van der Waals surface area contributed by atoms with Gasteiger partial charge in [0.05, 0.1) is 19.3 Å². The Balaban J connectivity index is 1.86. The largest absolute Gasteiger partial charge is 0.444 e. The van der Waals surface area contributed by atoms with Crippen LogP contribution in [0.15, 0.2) is 30.3 Å². The van der Waals surface area contributed by atoms with Crippen LogP contribution in [0.1, 0.15) is 72.3 Å². The van der Waals surface area contributed by atoms with Gasteiger partial charge >= 0.3 is 6.09 Å². The van der Waals surface area contributed by atoms with Crippen LogP contribution in [0.3, 0.4) is 0 Å². The molecular weight excluding hydrogens is 422 g/mol. The first-order valence-corrected chi connectivity index (χ1v) is 12.0. The lowest BCUT2D eigenvalue weighted by Crippen LogP contribution is -2.57. The van der Waals surface area contributed by atoms with Gasteiger partial charge in [0, 0.05) is 5.92 Å². The van der Waals surface area contributed by atoms with Gasteiger partial charge in [0.25, 0.3) is 0 Å². The van der Waals surface area contributed by atoms with Crippen molar-refractivity contribution < 1.29 is 28.5 Å². The average molecular weight is 462 g/mol. The summed E-state index contributed by atoms with van der Waals surface area (Å²) in [6.45, 7) is 9.55. The normalized spacial score (nSPS) is 23.0. The molecule has 3 rings (SSSR count). The molecule has 2 fully saturated rings. The van der Waals surface area contributed by atoms with Gasteiger partial charge in [-0.1, -0.05) is 49.6 Å². The number of hydrogen-bond donors (Lipinski definition) is 1. The van der Waals surface area contributed by atoms with Crippen LogP contribution in [0.2, 0.25) is 0 Å². The predicted molar refractivity (Wildman–Crippen MR) is 125 cm³/mol. The fourth-order valence-electron chi connectivity index (χ4n) is 4.44. The minimum Gasteiger partial charge on any atom is -0.444 e. The molecule has 3 atom stereocenters. The van der Waals surface area contributed by atoms with Crippen molar-refractivity contribution in [2.75, 3.05) is 6.61 Å². The molecule has 2 aliphatic rings. The van der Waals surface area contributed by atoms with Crippen molar-refractivity contribution in [1.29, 1.82) is 0 Å². The average Bonchev–Trinajstić information content (AvgIpc) is 3.12. The fourth-order valence-corrected chi connectivity index (χ4v) is 4.44. The van der Waals surface area contributed by atoms with E-state index in [1.807, 2.05) is 44.2 Å². The Bertz CT molecular complexity index is 782. The summed E-state index contributed by atoms with van der Waals surface area (Å²) < 4.78 is 23.6. The van der Waals surface area contributed by atoms with Crippen LogP contribution in [0.5, 0.6) is 0 Å². The number of hydrogen-bond acceptors (Lipinski definition) is 6. The van der Waals surface area contributed by atoms with Crippen molar-refractivity contribution in [3.8, 4) is 0 Å². The smallest absolute Gasteiger partial charge is 0.408 e. The van der Waals surface area contributed by atoms with Crippen molar-refractivity contribution in [3.63, 3.8) is 0 Å². The molecule has 0 radical (unpaired) electrons. The number of rotatable bonds is 8. The Hall–Kier alpha value is -1.96. The number of amides is 1. The minimum atomic E-state index is -0.872. The van der Waals surface area contributed by atoms with E-state index in [9.17, 15) is 9.59 Å². The van der Waals surface area contributed by atoms with E-state index in [2.05, 4.69) is 5.32 Å². The summed E-state index contributed by atoms with van der Waals surface area (Å²) in [7, 11) is 0. The molecule has 1 aromatic rings. The van der Waals surface area contributed by atoms with E-state index in [1.165, 1.54) is 0 Å². The molecule has 1 amide bonds. The second kappa shape index (κ2) is 11.0. The molecule has 0 bridgehead atoms. The molecular formula is C26H39NO6. The van der Waals surface area contributed by atoms with Crippen molar-refractivity contribution in [2.45, 2.75) is 103 Å². The van der Waals surface area contributed by atoms with Gasteiger partial charge in [-0.05, 0) is 53.0 Å². The second-order valence-corrected chi connectivity index (χ2v) is 10.5. The molecule has 1 N–H and O–H groups in total. The van der Waals surface area contributed by atoms with Crippen LogP contribution in [-0.2, 0) is 30.3 Å². The number of nitrogens with one attached hydrogen (secondary N) is 1. The summed E-state index contributed by atoms with van der Waals surface area (Å²) in [5, 5.41) is 2.90. The number of benzene rings is 1. The summed E-state index contributed by atoms with van der Waals surface area (Å²) in [5.74, 6) is -0.881. The highest BCUT2D eigenvalue weighted by Gasteiger charge is 2.46. The SMILES string of the molecule is CC(C)(C)OC(=O)N[C@@H]([C@H]1COC(C)(C)O1)[C@@H](OCc1ccccc1)C(=O)C1CCCCC1. The van der Waals surface area contributed by atoms with Crippen LogP contribution >= 0.6 is 0 Å². The van der Waals surface area contributed by atoms with Gasteiger partial charge in [-0.2, -0.15) is 0 Å². The number of alkyl carbamates (subject to hydrolysis) is 1. The first-order valence-electron chi connectivity index (χ1n) is 12.0. The summed E-state index contributed by atoms with van der Waals surface area (Å²) >= 11 is 0. The quantitative estimate of drug-likeness (QED) is 0.601. The lowest BCUT2D eigenvalue weighted by molar-refractivity contribution is -0.156. The van der Waals surface area contributed by atoms with Gasteiger partial charge in [0.15, 0.2) is 11.6 Å². The number of carbonyl (C=O) groups excluding carboxylic acids is 2. The lowest BCUT2D eigenvalue weighted by atomic mass is 9.82. The monoisotopic (exact) mass is 461 g/mol. The van der Waals surface area contributed by atoms with Gasteiger partial charge < -0.3 is 24.3 Å². The molecule has 0 unspecified atom stereocenters. The van der Waals surface area contributed by atoms with Gasteiger partial charge in [-0.15, -0.1) is 0 Å². The standard InChI is InChI=1S/C26H39NO6/c1-25(2,3)33-24(29)27-21(20-17-31-26(4,5)32-20)23(22(28)19-14-10-7-11-15-19)30-16-18-12-8-6-9-13-18/h6,8-9,12-13,19-21,23H,7,10-11,14-17H2,1-5H3,(H,27,29)/t20-,21+,23-/m1/s1. The first kappa shape index (κ1) is 25.7. The Kier molecular flexibility index (Phi) is 8.54. The Morgan fingerprint density at radius 3 is 2.36 bits per heavy atom. The van der Waals surface area contributed by atoms with Crippen LogP contribution < -0.4 is 5.32 Å². The number of Topliss-reactive ketones (excluding diaryl/α,β-unsaturated/α-hetero) is 1. The zero-order chi connectivity index (χ0) is 24.1. The second-order valence-electron chi connectivity index (χ2n) is 10.5. The molecule has 1 aliphatic carbocycles. The zero-order valence-corrected chi connectivity index (χ0v) is 20.6. The summed E-state index contributed by atoms with van der Waals surface area (Å²) in [4.78, 5) is 26.5. The van der Waals surface area contributed by atoms with E-state index in [-0.39, 0.29) is 24.9 Å². The third-order valence-corrected chi connectivity index (χ3v) is 6.00. The van der Waals surface area contributed by atoms with Crippen molar-refractivity contribution in [3.05, 3.63) is 35.9 Å². The molecule has 1 heterocycles. The van der Waals surface area contributed by atoms with Gasteiger partial charge in [-0.3, -0.25) is 4.79 Å². The molecule has 33 heavy (non-hydrogen) atoms. The molecule has 1 saturated carbocycles. The van der Waals surface area contributed by atoms with Crippen molar-refractivity contribution in [1.82, 2.24) is 5.32 Å². The molecule has 1 aliphatic heterocycles. The Labute approximate surface area is 197 Å². The van der Waals surface area contributed by atoms with E-state index in [0.717, 1.165) is 37.7 Å². The predicted octanol–water partition coefficient (Wildman–Crippen LogP) is 4.77. The fraction of sp³-hybridized carbons (Fsp3) is 0.692. The Morgan fingerprint density at radius 1 is 1.12 bits per heavy atom. The maximum atomic E-state index is 13.7. The van der Waals surface area contributed by atoms with E-state index in [0.29, 0.717) is 0 Å². The van der Waals surface area contributed by atoms with E-state index in [4.69, 9.17) is 18.9 Å². The van der Waals surface area contributed by atoms with Gasteiger partial charge in [-0.25, -0.2) is 4.79 Å². The molecule has 1 saturated heterocycles. The molecule has 1 aromatic carbocycles. The summed E-state index contributed by atoms with van der Waals surface area (Å²) in [6.07, 6.45) is 2.87. The number of ether oxygens (including phenoxy) is 4. The highest BCUT2D eigenvalue weighted by molar-refractivity contribution is 5.87. The molecule has 0 spiro atoms. The lowest BCUT2D eigenvalue weighted by Gasteiger charge is -2.34. The van der Waals surface area contributed by atoms with Gasteiger partial charge in [0.1, 0.15) is 17.8 Å². The van der Waals surface area contributed by atoms with Crippen molar-refractivity contribution >= 4 is 11.9 Å². The third-order valence-electron chi connectivity index (χ3n) is 6.00. The number of carbonyl (C=O) groups is 2. The zero-order valence-electron chi connectivity index (χ0n) is 20.6. The molecule has 7 heteroatoms. The minimum absolute atomic E-state index is 0.0139.